The summed E-state index contributed by atoms with van der Waals surface area (Å²) in [7, 11) is 2.08. The summed E-state index contributed by atoms with van der Waals surface area (Å²) < 4.78 is 0. The first kappa shape index (κ1) is 13.8. The van der Waals surface area contributed by atoms with E-state index in [1.807, 2.05) is 13.0 Å². The molecule has 4 nitrogen and oxygen atoms in total. The van der Waals surface area contributed by atoms with E-state index in [0.29, 0.717) is 6.04 Å². The van der Waals surface area contributed by atoms with Crippen LogP contribution in [0, 0.1) is 18.3 Å². The maximum Gasteiger partial charge on any atom is 0.139 e. The van der Waals surface area contributed by atoms with Gasteiger partial charge in [-0.2, -0.15) is 0 Å². The normalized spacial score (nSPS) is 23.1. The number of aryl methyl sites for hydroxylation is 1. The quantitative estimate of drug-likeness (QED) is 0.648. The molecule has 3 N–H and O–H groups in total. The average Bonchev–Trinajstić information content (AvgIpc) is 2.37. The number of amidine groups is 1. The van der Waals surface area contributed by atoms with Gasteiger partial charge in [-0.15, -0.1) is 0 Å². The van der Waals surface area contributed by atoms with Crippen LogP contribution in [0.5, 0.6) is 0 Å². The first-order valence-corrected chi connectivity index (χ1v) is 7.03. The van der Waals surface area contributed by atoms with Crippen molar-refractivity contribution in [3.63, 3.8) is 0 Å². The summed E-state index contributed by atoms with van der Waals surface area (Å²) in [6, 6.07) is 2.42. The van der Waals surface area contributed by atoms with Crippen molar-refractivity contribution in [3.8, 4) is 0 Å². The van der Waals surface area contributed by atoms with E-state index in [-0.39, 0.29) is 5.84 Å². The number of rotatable bonds is 3. The van der Waals surface area contributed by atoms with Crippen LogP contribution in [0.25, 0.3) is 0 Å². The molecule has 0 amide bonds. The third-order valence-electron chi connectivity index (χ3n) is 4.20. The molecule has 2 rings (SSSR count). The van der Waals surface area contributed by atoms with Crippen molar-refractivity contribution in [2.45, 2.75) is 45.6 Å². The molecule has 104 valence electrons. The molecule has 1 saturated carbocycles. The predicted molar refractivity (Wildman–Crippen MR) is 79.8 cm³/mol. The minimum atomic E-state index is 0.108. The van der Waals surface area contributed by atoms with E-state index in [1.165, 1.54) is 25.7 Å². The number of nitrogens with zero attached hydrogens (tertiary/aromatic N) is 2. The third kappa shape index (κ3) is 2.88. The number of anilines is 1. The Morgan fingerprint density at radius 1 is 1.47 bits per heavy atom. The first-order valence-electron chi connectivity index (χ1n) is 7.03. The molecular formula is C15H24N4. The summed E-state index contributed by atoms with van der Waals surface area (Å²) >= 11 is 0. The molecule has 0 bridgehead atoms. The van der Waals surface area contributed by atoms with E-state index in [9.17, 15) is 0 Å². The summed E-state index contributed by atoms with van der Waals surface area (Å²) in [6.45, 7) is 4.30. The lowest BCUT2D eigenvalue weighted by Gasteiger charge is -2.35. The van der Waals surface area contributed by atoms with Crippen LogP contribution < -0.4 is 10.6 Å². The SMILES string of the molecule is Cc1ccnc(N(C)C2CCCC(C)C2)c1C(=N)N. The van der Waals surface area contributed by atoms with Crippen molar-refractivity contribution < 1.29 is 0 Å². The molecule has 0 aromatic carbocycles. The number of nitrogen functional groups attached to an aromatic ring is 1. The van der Waals surface area contributed by atoms with Gasteiger partial charge in [0.1, 0.15) is 11.7 Å². The summed E-state index contributed by atoms with van der Waals surface area (Å²) in [6.07, 6.45) is 6.81. The average molecular weight is 260 g/mol. The lowest BCUT2D eigenvalue weighted by molar-refractivity contribution is 0.335. The second-order valence-corrected chi connectivity index (χ2v) is 5.78. The van der Waals surface area contributed by atoms with Gasteiger partial charge < -0.3 is 10.6 Å². The Hall–Kier alpha value is -1.58. The first-order chi connectivity index (χ1) is 9.00. The lowest BCUT2D eigenvalue weighted by atomic mass is 9.86. The summed E-state index contributed by atoms with van der Waals surface area (Å²) in [5.41, 5.74) is 7.53. The van der Waals surface area contributed by atoms with Crippen molar-refractivity contribution in [1.82, 2.24) is 4.98 Å². The van der Waals surface area contributed by atoms with Gasteiger partial charge in [-0.05, 0) is 37.3 Å². The molecule has 1 aromatic rings. The maximum atomic E-state index is 7.78. The largest absolute Gasteiger partial charge is 0.384 e. The van der Waals surface area contributed by atoms with E-state index in [2.05, 4.69) is 23.9 Å². The highest BCUT2D eigenvalue weighted by molar-refractivity contribution is 6.01. The summed E-state index contributed by atoms with van der Waals surface area (Å²) in [4.78, 5) is 6.69. The zero-order valence-corrected chi connectivity index (χ0v) is 12.1. The number of hydrogen-bond donors (Lipinski definition) is 2. The highest BCUT2D eigenvalue weighted by atomic mass is 15.2. The van der Waals surface area contributed by atoms with Crippen LogP contribution in [0.4, 0.5) is 5.82 Å². The molecule has 2 atom stereocenters. The standard InChI is InChI=1S/C15H24N4/c1-10-5-4-6-12(9-10)19(3)15-13(14(16)17)11(2)7-8-18-15/h7-8,10,12H,4-6,9H2,1-3H3,(H3,16,17). The number of pyridine rings is 1. The van der Waals surface area contributed by atoms with Gasteiger partial charge in [0.2, 0.25) is 0 Å². The number of hydrogen-bond acceptors (Lipinski definition) is 3. The molecule has 1 aromatic heterocycles. The molecule has 2 unspecified atom stereocenters. The fourth-order valence-corrected chi connectivity index (χ4v) is 3.07. The van der Waals surface area contributed by atoms with Crippen molar-refractivity contribution in [3.05, 3.63) is 23.4 Å². The van der Waals surface area contributed by atoms with Crippen LogP contribution in [-0.4, -0.2) is 23.9 Å². The van der Waals surface area contributed by atoms with Crippen LogP contribution in [-0.2, 0) is 0 Å². The van der Waals surface area contributed by atoms with Crippen LogP contribution in [0.3, 0.4) is 0 Å². The Kier molecular flexibility index (Phi) is 4.08. The van der Waals surface area contributed by atoms with Gasteiger partial charge in [-0.3, -0.25) is 5.41 Å². The molecule has 0 aliphatic heterocycles. The van der Waals surface area contributed by atoms with Gasteiger partial charge in [0, 0.05) is 19.3 Å². The molecule has 0 saturated heterocycles. The fourth-order valence-electron chi connectivity index (χ4n) is 3.07. The molecule has 0 radical (unpaired) electrons. The van der Waals surface area contributed by atoms with Gasteiger partial charge in [-0.25, -0.2) is 4.98 Å². The number of nitrogens with two attached hydrogens (primary N) is 1. The van der Waals surface area contributed by atoms with Gasteiger partial charge >= 0.3 is 0 Å². The smallest absolute Gasteiger partial charge is 0.139 e. The third-order valence-corrected chi connectivity index (χ3v) is 4.20. The Morgan fingerprint density at radius 3 is 2.84 bits per heavy atom. The second-order valence-electron chi connectivity index (χ2n) is 5.78. The van der Waals surface area contributed by atoms with E-state index < -0.39 is 0 Å². The van der Waals surface area contributed by atoms with E-state index in [1.54, 1.807) is 6.20 Å². The topological polar surface area (TPSA) is 66.0 Å². The highest BCUT2D eigenvalue weighted by Crippen LogP contribution is 2.30. The number of nitrogens with one attached hydrogen (secondary N) is 1. The van der Waals surface area contributed by atoms with Crippen LogP contribution >= 0.6 is 0 Å². The minimum Gasteiger partial charge on any atom is -0.384 e. The molecule has 0 spiro atoms. The Labute approximate surface area is 115 Å². The molecule has 1 fully saturated rings. The lowest BCUT2D eigenvalue weighted by Crippen LogP contribution is -2.37. The van der Waals surface area contributed by atoms with Gasteiger partial charge in [0.05, 0.1) is 5.56 Å². The van der Waals surface area contributed by atoms with Crippen molar-refractivity contribution in [2.75, 3.05) is 11.9 Å². The van der Waals surface area contributed by atoms with E-state index in [4.69, 9.17) is 11.1 Å². The zero-order valence-electron chi connectivity index (χ0n) is 12.1. The van der Waals surface area contributed by atoms with Gasteiger partial charge in [0.15, 0.2) is 0 Å². The van der Waals surface area contributed by atoms with Crippen molar-refractivity contribution >= 4 is 11.7 Å². The monoisotopic (exact) mass is 260 g/mol. The highest BCUT2D eigenvalue weighted by Gasteiger charge is 2.25. The van der Waals surface area contributed by atoms with Crippen LogP contribution in [0.15, 0.2) is 12.3 Å². The summed E-state index contributed by atoms with van der Waals surface area (Å²) in [5.74, 6) is 1.73. The Morgan fingerprint density at radius 2 is 2.21 bits per heavy atom. The molecule has 1 heterocycles. The molecule has 1 aliphatic carbocycles. The van der Waals surface area contributed by atoms with Gasteiger partial charge in [-0.1, -0.05) is 19.8 Å². The second kappa shape index (κ2) is 5.59. The van der Waals surface area contributed by atoms with E-state index in [0.717, 1.165) is 22.9 Å². The zero-order chi connectivity index (χ0) is 14.0. The predicted octanol–water partition coefficient (Wildman–Crippen LogP) is 2.69. The molecule has 19 heavy (non-hydrogen) atoms. The molecular weight excluding hydrogens is 236 g/mol. The van der Waals surface area contributed by atoms with E-state index >= 15 is 0 Å². The Balaban J connectivity index is 2.30. The van der Waals surface area contributed by atoms with Crippen molar-refractivity contribution in [2.24, 2.45) is 11.7 Å². The molecule has 1 aliphatic rings. The Bertz CT molecular complexity index is 469. The fraction of sp³-hybridized carbons (Fsp3) is 0.600. The summed E-state index contributed by atoms with van der Waals surface area (Å²) in [5, 5.41) is 7.78. The number of aromatic nitrogens is 1. The maximum absolute atomic E-state index is 7.78. The minimum absolute atomic E-state index is 0.108. The van der Waals surface area contributed by atoms with Crippen LogP contribution in [0.1, 0.15) is 43.7 Å². The van der Waals surface area contributed by atoms with Gasteiger partial charge in [0.25, 0.3) is 0 Å². The molecule has 4 heteroatoms. The van der Waals surface area contributed by atoms with Crippen LogP contribution in [0.2, 0.25) is 0 Å². The van der Waals surface area contributed by atoms with Crippen molar-refractivity contribution in [1.29, 1.82) is 5.41 Å².